The number of amides is 5. The van der Waals surface area contributed by atoms with E-state index in [-0.39, 0.29) is 65.4 Å². The van der Waals surface area contributed by atoms with Crippen LogP contribution in [0.5, 0.6) is 0 Å². The van der Waals surface area contributed by atoms with Crippen molar-refractivity contribution in [1.82, 2.24) is 34.6 Å². The van der Waals surface area contributed by atoms with Crippen LogP contribution in [0.4, 0.5) is 17.2 Å². The number of imidazole rings is 1. The lowest BCUT2D eigenvalue weighted by molar-refractivity contribution is -0.149. The molecule has 12 rings (SSSR count). The molecule has 6 aliphatic heterocycles. The minimum absolute atomic E-state index is 0.0958. The Balaban J connectivity index is 0.729. The Morgan fingerprint density at radius 1 is 0.792 bits per heavy atom. The highest BCUT2D eigenvalue weighted by Crippen LogP contribution is 2.52. The number of carbonyl (C=O) groups excluding carboxylic acids is 5. The quantitative estimate of drug-likeness (QED) is 0.152. The highest BCUT2D eigenvalue weighted by atomic mass is 16.2. The van der Waals surface area contributed by atoms with E-state index < -0.39 is 5.41 Å². The second-order valence-corrected chi connectivity index (χ2v) is 23.0. The number of likely N-dealkylation sites (tertiary alicyclic amines) is 3. The van der Waals surface area contributed by atoms with E-state index >= 15 is 4.79 Å². The molecule has 2 aromatic carbocycles. The lowest BCUT2D eigenvalue weighted by atomic mass is 9.73. The third-order valence-corrected chi connectivity index (χ3v) is 18.3. The fourth-order valence-corrected chi connectivity index (χ4v) is 13.7. The van der Waals surface area contributed by atoms with Gasteiger partial charge in [0.05, 0.1) is 34.8 Å². The van der Waals surface area contributed by atoms with Crippen LogP contribution in [0.1, 0.15) is 140 Å². The van der Waals surface area contributed by atoms with Crippen LogP contribution in [-0.4, -0.2) is 129 Å². The molecular formula is C57H72N10O5. The first-order valence-electron chi connectivity index (χ1n) is 27.6. The minimum Gasteiger partial charge on any atom is -0.371 e. The number of carbonyl (C=O) groups is 5. The molecule has 380 valence electrons. The number of imide groups is 1. The maximum absolute atomic E-state index is 15.3. The number of hydrogen-bond acceptors (Lipinski definition) is 10. The molecule has 7 fully saturated rings. The predicted molar refractivity (Wildman–Crippen MR) is 278 cm³/mol. The van der Waals surface area contributed by atoms with Gasteiger partial charge in [0.1, 0.15) is 5.52 Å². The molecule has 2 aliphatic carbocycles. The first-order chi connectivity index (χ1) is 34.9. The van der Waals surface area contributed by atoms with Crippen LogP contribution in [0.2, 0.25) is 0 Å². The first kappa shape index (κ1) is 47.2. The van der Waals surface area contributed by atoms with Gasteiger partial charge in [-0.2, -0.15) is 0 Å². The van der Waals surface area contributed by atoms with Crippen LogP contribution in [0.25, 0.3) is 22.3 Å². The molecule has 0 bridgehead atoms. The zero-order valence-corrected chi connectivity index (χ0v) is 42.5. The largest absolute Gasteiger partial charge is 0.371 e. The van der Waals surface area contributed by atoms with E-state index in [1.165, 1.54) is 19.3 Å². The normalized spacial score (nSPS) is 27.1. The second kappa shape index (κ2) is 18.9. The first-order valence-corrected chi connectivity index (χ1v) is 27.6. The van der Waals surface area contributed by atoms with Gasteiger partial charge in [0, 0.05) is 92.2 Å². The summed E-state index contributed by atoms with van der Waals surface area (Å²) in [6.45, 7) is 11.9. The summed E-state index contributed by atoms with van der Waals surface area (Å²) >= 11 is 0. The monoisotopic (exact) mass is 977 g/mol. The van der Waals surface area contributed by atoms with E-state index in [4.69, 9.17) is 9.97 Å². The topological polar surface area (TPSA) is 156 Å². The van der Waals surface area contributed by atoms with Gasteiger partial charge < -0.3 is 34.4 Å². The zero-order valence-electron chi connectivity index (χ0n) is 42.5. The van der Waals surface area contributed by atoms with Crippen molar-refractivity contribution in [3.05, 3.63) is 66.0 Å². The fourth-order valence-electron chi connectivity index (χ4n) is 13.7. The molecule has 72 heavy (non-hydrogen) atoms. The lowest BCUT2D eigenvalue weighted by Gasteiger charge is -2.48. The predicted octanol–water partition coefficient (Wildman–Crippen LogP) is 7.54. The molecule has 3 unspecified atom stereocenters. The number of rotatable bonds is 10. The van der Waals surface area contributed by atoms with Crippen LogP contribution in [0.15, 0.2) is 54.9 Å². The summed E-state index contributed by atoms with van der Waals surface area (Å²) in [6.07, 6.45) is 15.0. The number of nitrogens with one attached hydrogen (secondary N) is 2. The van der Waals surface area contributed by atoms with Crippen molar-refractivity contribution in [1.29, 1.82) is 0 Å². The number of anilines is 3. The van der Waals surface area contributed by atoms with E-state index in [1.807, 2.05) is 40.4 Å². The highest BCUT2D eigenvalue weighted by molar-refractivity contribution is 6.09. The molecule has 4 aromatic rings. The Morgan fingerprint density at radius 2 is 1.54 bits per heavy atom. The van der Waals surface area contributed by atoms with Crippen molar-refractivity contribution >= 4 is 57.8 Å². The minimum atomic E-state index is -0.697. The molecule has 2 N–H and O–H groups in total. The van der Waals surface area contributed by atoms with Gasteiger partial charge in [-0.15, -0.1) is 0 Å². The average Bonchev–Trinajstić information content (AvgIpc) is 4.05. The molecular weight excluding hydrogens is 905 g/mol. The van der Waals surface area contributed by atoms with Crippen LogP contribution < -0.4 is 20.4 Å². The molecule has 15 heteroatoms. The van der Waals surface area contributed by atoms with Gasteiger partial charge in [-0.25, -0.2) is 9.97 Å². The SMILES string of the molecule is CC1C(C(=O)N2CCC3(CC2)C(=O)N(C2CC(N4CCCCC4)C2)c2cc(-c4cc5ncn(C(C)C)c5c(NC5CC5)n4)ccc23)CCCN1C(=O)C1CCN(c2ccc(C3CCC(=O)NC3=O)cc2)CC1. The molecule has 5 amide bonds. The molecule has 3 atom stereocenters. The van der Waals surface area contributed by atoms with Gasteiger partial charge in [0.2, 0.25) is 29.5 Å². The molecule has 2 saturated carbocycles. The van der Waals surface area contributed by atoms with Gasteiger partial charge in [0.25, 0.3) is 0 Å². The Bertz CT molecular complexity index is 2760. The number of fused-ring (bicyclic) bond motifs is 3. The van der Waals surface area contributed by atoms with Crippen molar-refractivity contribution in [3.63, 3.8) is 0 Å². The summed E-state index contributed by atoms with van der Waals surface area (Å²) in [7, 11) is 0. The van der Waals surface area contributed by atoms with Crippen LogP contribution in [0, 0.1) is 11.8 Å². The Kier molecular flexibility index (Phi) is 12.4. The number of pyridine rings is 1. The zero-order chi connectivity index (χ0) is 49.4. The van der Waals surface area contributed by atoms with Gasteiger partial charge in [-0.1, -0.05) is 30.7 Å². The van der Waals surface area contributed by atoms with E-state index in [2.05, 4.69) is 74.9 Å². The molecule has 8 aliphatic rings. The highest BCUT2D eigenvalue weighted by Gasteiger charge is 2.56. The lowest BCUT2D eigenvalue weighted by Crippen LogP contribution is -2.59. The van der Waals surface area contributed by atoms with Gasteiger partial charge in [0.15, 0.2) is 5.82 Å². The van der Waals surface area contributed by atoms with Crippen molar-refractivity contribution in [2.45, 2.75) is 159 Å². The summed E-state index contributed by atoms with van der Waals surface area (Å²) < 4.78 is 2.20. The Hall–Kier alpha value is -5.83. The molecule has 5 saturated heterocycles. The number of aromatic nitrogens is 3. The molecule has 0 radical (unpaired) electrons. The smallest absolute Gasteiger partial charge is 0.238 e. The third-order valence-electron chi connectivity index (χ3n) is 18.3. The summed E-state index contributed by atoms with van der Waals surface area (Å²) in [5.74, 6) is 0.213. The number of hydrogen-bond donors (Lipinski definition) is 2. The third kappa shape index (κ3) is 8.44. The number of nitrogens with zero attached hydrogens (tertiary/aromatic N) is 8. The Morgan fingerprint density at radius 3 is 2.25 bits per heavy atom. The summed E-state index contributed by atoms with van der Waals surface area (Å²) in [4.78, 5) is 89.7. The van der Waals surface area contributed by atoms with Crippen molar-refractivity contribution in [2.24, 2.45) is 11.8 Å². The maximum atomic E-state index is 15.3. The van der Waals surface area contributed by atoms with E-state index in [9.17, 15) is 19.2 Å². The van der Waals surface area contributed by atoms with Crippen LogP contribution >= 0.6 is 0 Å². The van der Waals surface area contributed by atoms with Crippen LogP contribution in [0.3, 0.4) is 0 Å². The number of piperidine rings is 5. The van der Waals surface area contributed by atoms with Gasteiger partial charge in [-0.05, 0) is 153 Å². The number of benzene rings is 2. The van der Waals surface area contributed by atoms with Crippen LogP contribution in [-0.2, 0) is 29.4 Å². The molecule has 8 heterocycles. The second-order valence-electron chi connectivity index (χ2n) is 23.0. The summed E-state index contributed by atoms with van der Waals surface area (Å²) in [6, 6.07) is 17.9. The fraction of sp³-hybridized carbons (Fsp3) is 0.596. The van der Waals surface area contributed by atoms with Gasteiger partial charge >= 0.3 is 0 Å². The van der Waals surface area contributed by atoms with E-state index in [1.54, 1.807) is 0 Å². The standard InChI is InChI=1S/C57H72N10O5/c1-35(2)66-34-58-48-33-47(60-52(51(48)66)59-40-12-13-40)39-11-17-46-49(30-39)67(43-31-42(32-43)62-23-5-4-6-24-62)56(72)57(46)21-28-64(29-22-57)55(71)44-8-7-25-65(36(44)3)54(70)38-19-26-63(27-20-38)41-14-9-37(10-15-41)45-16-18-50(68)61-53(45)69/h9-11,14-15,17,30,33-36,38,40,42-45H,4-8,12-13,16,18-29,31-32H2,1-3H3,(H,59,60)(H,61,68,69). The van der Waals surface area contributed by atoms with Crippen molar-refractivity contribution in [2.75, 3.05) is 60.9 Å². The van der Waals surface area contributed by atoms with Gasteiger partial charge in [-0.3, -0.25) is 29.3 Å². The van der Waals surface area contributed by atoms with E-state index in [0.717, 1.165) is 128 Å². The van der Waals surface area contributed by atoms with Crippen molar-refractivity contribution in [3.8, 4) is 11.3 Å². The molecule has 2 aromatic heterocycles. The summed E-state index contributed by atoms with van der Waals surface area (Å²) in [5.41, 5.74) is 7.17. The average molecular weight is 977 g/mol. The maximum Gasteiger partial charge on any atom is 0.238 e. The molecule has 1 spiro atoms. The molecule has 15 nitrogen and oxygen atoms in total. The Labute approximate surface area is 423 Å². The van der Waals surface area contributed by atoms with Crippen molar-refractivity contribution < 1.29 is 24.0 Å². The van der Waals surface area contributed by atoms with E-state index in [0.29, 0.717) is 57.4 Å². The summed E-state index contributed by atoms with van der Waals surface area (Å²) in [5, 5.41) is 6.17.